The van der Waals surface area contributed by atoms with Crippen molar-refractivity contribution in [2.24, 2.45) is 0 Å². The van der Waals surface area contributed by atoms with Crippen LogP contribution in [0.25, 0.3) is 0 Å². The second-order valence-corrected chi connectivity index (χ2v) is 2.82. The highest BCUT2D eigenvalue weighted by molar-refractivity contribution is 5.06. The van der Waals surface area contributed by atoms with E-state index in [0.717, 1.165) is 18.4 Å². The number of hydrogen-bond donors (Lipinski definition) is 1. The van der Waals surface area contributed by atoms with E-state index >= 15 is 0 Å². The molecule has 0 aliphatic rings. The summed E-state index contributed by atoms with van der Waals surface area (Å²) in [6.07, 6.45) is 5.99. The van der Waals surface area contributed by atoms with Gasteiger partial charge in [-0.3, -0.25) is 0 Å². The van der Waals surface area contributed by atoms with Gasteiger partial charge in [0, 0.05) is 19.4 Å². The van der Waals surface area contributed by atoms with Crippen molar-refractivity contribution in [2.45, 2.75) is 26.7 Å². The third kappa shape index (κ3) is 7.20. The van der Waals surface area contributed by atoms with E-state index in [1.807, 2.05) is 19.9 Å². The van der Waals surface area contributed by atoms with Gasteiger partial charge in [0.1, 0.15) is 0 Å². The van der Waals surface area contributed by atoms with Crippen LogP contribution in [0.1, 0.15) is 26.7 Å². The Hall–Kier alpha value is -0.690. The molecule has 0 radical (unpaired) electrons. The zero-order valence-corrected chi connectivity index (χ0v) is 7.43. The first-order valence-electron chi connectivity index (χ1n) is 3.92. The van der Waals surface area contributed by atoms with E-state index in [2.05, 4.69) is 13.0 Å². The normalized spacial score (nSPS) is 11.4. The highest BCUT2D eigenvalue weighted by Crippen LogP contribution is 2.08. The van der Waals surface area contributed by atoms with Gasteiger partial charge in [-0.25, -0.2) is 0 Å². The maximum Gasteiger partial charge on any atom is 0.0962 e. The van der Waals surface area contributed by atoms with Crippen LogP contribution in [0.3, 0.4) is 0 Å². The lowest BCUT2D eigenvalue weighted by molar-refractivity contribution is 0.341. The minimum atomic E-state index is 0.152. The molecule has 62 valence electrons. The Morgan fingerprint density at radius 2 is 2.18 bits per heavy atom. The molecule has 0 spiro atoms. The Morgan fingerprint density at radius 3 is 2.64 bits per heavy atom. The average molecular weight is 153 g/mol. The van der Waals surface area contributed by atoms with E-state index in [1.54, 1.807) is 0 Å². The maximum atomic E-state index is 8.54. The molecule has 0 aliphatic carbocycles. The van der Waals surface area contributed by atoms with Crippen LogP contribution in [0.5, 0.6) is 0 Å². The van der Waals surface area contributed by atoms with Gasteiger partial charge in [0.25, 0.3) is 0 Å². The van der Waals surface area contributed by atoms with Gasteiger partial charge in [-0.2, -0.15) is 0 Å². The van der Waals surface area contributed by atoms with E-state index in [1.165, 1.54) is 5.57 Å². The Bertz CT molecular complexity index is 145. The number of hydrogen-bond acceptors (Lipinski definition) is 1. The molecule has 0 aromatic carbocycles. The van der Waals surface area contributed by atoms with Gasteiger partial charge >= 0.3 is 0 Å². The van der Waals surface area contributed by atoms with Gasteiger partial charge in [-0.15, -0.1) is 0 Å². The number of aliphatic hydroxyl groups is 1. The van der Waals surface area contributed by atoms with Crippen LogP contribution in [0.4, 0.5) is 0 Å². The minimum Gasteiger partial charge on any atom is -0.392 e. The van der Waals surface area contributed by atoms with E-state index in [9.17, 15) is 0 Å². The molecule has 0 bridgehead atoms. The van der Waals surface area contributed by atoms with Crippen molar-refractivity contribution in [1.82, 2.24) is 0 Å². The van der Waals surface area contributed by atoms with Crippen molar-refractivity contribution in [3.05, 3.63) is 30.2 Å². The van der Waals surface area contributed by atoms with E-state index in [-0.39, 0.29) is 6.61 Å². The summed E-state index contributed by atoms with van der Waals surface area (Å²) in [4.78, 5) is 0. The molecule has 0 saturated carbocycles. The fourth-order valence-electron chi connectivity index (χ4n) is 0.804. The Labute approximate surface area is 69.4 Å². The number of aliphatic hydroxyl groups excluding tert-OH is 1. The third-order valence-electron chi connectivity index (χ3n) is 1.47. The molecule has 0 unspecified atom stereocenters. The summed E-state index contributed by atoms with van der Waals surface area (Å²) in [5.74, 6) is 0. The molecule has 1 nitrogen and oxygen atoms in total. The van der Waals surface area contributed by atoms with Gasteiger partial charge < -0.3 is 5.11 Å². The van der Waals surface area contributed by atoms with Crippen LogP contribution in [0, 0.1) is 6.42 Å². The predicted molar refractivity (Wildman–Crippen MR) is 49.2 cm³/mol. The van der Waals surface area contributed by atoms with Crippen LogP contribution < -0.4 is 0 Å². The van der Waals surface area contributed by atoms with Crippen LogP contribution in [-0.2, 0) is 0 Å². The molecular weight excluding hydrogens is 136 g/mol. The molecule has 0 heterocycles. The van der Waals surface area contributed by atoms with Crippen molar-refractivity contribution in [1.29, 1.82) is 0 Å². The van der Waals surface area contributed by atoms with Crippen LogP contribution in [0.15, 0.2) is 23.8 Å². The highest BCUT2D eigenvalue weighted by atomic mass is 16.2. The smallest absolute Gasteiger partial charge is 0.0962 e. The molecule has 0 fully saturated rings. The van der Waals surface area contributed by atoms with Crippen molar-refractivity contribution in [3.63, 3.8) is 0 Å². The molecule has 11 heavy (non-hydrogen) atoms. The van der Waals surface area contributed by atoms with E-state index < -0.39 is 0 Å². The molecule has 1 heteroatoms. The SMILES string of the molecule is C=C(C)[CH+]CC/C(C)=C/CO. The van der Waals surface area contributed by atoms with Gasteiger partial charge in [-0.05, 0) is 20.3 Å². The van der Waals surface area contributed by atoms with Gasteiger partial charge in [-0.1, -0.05) is 11.6 Å². The minimum absolute atomic E-state index is 0.152. The lowest BCUT2D eigenvalue weighted by Crippen LogP contribution is -1.83. The summed E-state index contributed by atoms with van der Waals surface area (Å²) in [5.41, 5.74) is 2.35. The first-order chi connectivity index (χ1) is 5.16. The Morgan fingerprint density at radius 1 is 1.55 bits per heavy atom. The Balaban J connectivity index is 3.38. The van der Waals surface area contributed by atoms with Gasteiger partial charge in [0.15, 0.2) is 0 Å². The summed E-state index contributed by atoms with van der Waals surface area (Å²) in [6, 6.07) is 0. The molecule has 1 N–H and O–H groups in total. The summed E-state index contributed by atoms with van der Waals surface area (Å²) in [5, 5.41) is 8.54. The molecule has 0 aromatic rings. The molecule has 0 aliphatic heterocycles. The predicted octanol–water partition coefficient (Wildman–Crippen LogP) is 2.49. The summed E-state index contributed by atoms with van der Waals surface area (Å²) in [6.45, 7) is 7.95. The zero-order chi connectivity index (χ0) is 8.69. The number of rotatable bonds is 5. The second kappa shape index (κ2) is 6.05. The molecule has 0 amide bonds. The molecular formula is C10H17O+. The van der Waals surface area contributed by atoms with Crippen molar-refractivity contribution < 1.29 is 5.11 Å². The second-order valence-electron chi connectivity index (χ2n) is 2.82. The van der Waals surface area contributed by atoms with Gasteiger partial charge in [0.2, 0.25) is 0 Å². The summed E-state index contributed by atoms with van der Waals surface area (Å²) < 4.78 is 0. The fourth-order valence-corrected chi connectivity index (χ4v) is 0.804. The lowest BCUT2D eigenvalue weighted by Gasteiger charge is -1.95. The molecule has 0 saturated heterocycles. The van der Waals surface area contributed by atoms with Crippen LogP contribution in [0.2, 0.25) is 0 Å². The Kier molecular flexibility index (Phi) is 5.67. The summed E-state index contributed by atoms with van der Waals surface area (Å²) >= 11 is 0. The molecule has 0 atom stereocenters. The van der Waals surface area contributed by atoms with Crippen molar-refractivity contribution in [3.8, 4) is 0 Å². The molecule has 0 aromatic heterocycles. The monoisotopic (exact) mass is 153 g/mol. The number of allylic oxidation sites excluding steroid dienone is 2. The van der Waals surface area contributed by atoms with Crippen molar-refractivity contribution in [2.75, 3.05) is 6.61 Å². The van der Waals surface area contributed by atoms with E-state index in [4.69, 9.17) is 5.11 Å². The van der Waals surface area contributed by atoms with Crippen LogP contribution >= 0.6 is 0 Å². The quantitative estimate of drug-likeness (QED) is 0.475. The van der Waals surface area contributed by atoms with Gasteiger partial charge in [0.05, 0.1) is 12.2 Å². The first-order valence-corrected chi connectivity index (χ1v) is 3.92. The van der Waals surface area contributed by atoms with Crippen LogP contribution in [-0.4, -0.2) is 11.7 Å². The fraction of sp³-hybridized carbons (Fsp3) is 0.500. The molecule has 0 rings (SSSR count). The largest absolute Gasteiger partial charge is 0.392 e. The van der Waals surface area contributed by atoms with Crippen molar-refractivity contribution >= 4 is 0 Å². The van der Waals surface area contributed by atoms with E-state index in [0.29, 0.717) is 0 Å². The lowest BCUT2D eigenvalue weighted by atomic mass is 10.1. The topological polar surface area (TPSA) is 20.2 Å². The summed E-state index contributed by atoms with van der Waals surface area (Å²) in [7, 11) is 0. The highest BCUT2D eigenvalue weighted by Gasteiger charge is 1.96. The standard InChI is InChI=1S/C10H17O/c1-9(2)5-4-6-10(3)7-8-11/h5,7,11H,1,4,6,8H2,2-3H3/q+1/b10-7+. The average Bonchev–Trinajstić information content (AvgIpc) is 1.87. The third-order valence-corrected chi connectivity index (χ3v) is 1.47. The zero-order valence-electron chi connectivity index (χ0n) is 7.43. The first kappa shape index (κ1) is 10.3. The maximum absolute atomic E-state index is 8.54.